The molecule has 0 saturated carbocycles. The highest BCUT2D eigenvalue weighted by molar-refractivity contribution is 5.96. The lowest BCUT2D eigenvalue weighted by molar-refractivity contribution is -0.117. The highest BCUT2D eigenvalue weighted by Gasteiger charge is 2.32. The lowest BCUT2D eigenvalue weighted by Gasteiger charge is -2.24. The molecule has 0 aliphatic carbocycles. The maximum atomic E-state index is 13.1. The second-order valence-corrected chi connectivity index (χ2v) is 6.46. The second kappa shape index (κ2) is 8.64. The van der Waals surface area contributed by atoms with Crippen molar-refractivity contribution in [2.75, 3.05) is 24.6 Å². The van der Waals surface area contributed by atoms with E-state index >= 15 is 0 Å². The van der Waals surface area contributed by atoms with Crippen LogP contribution in [0.1, 0.15) is 12.0 Å². The summed E-state index contributed by atoms with van der Waals surface area (Å²) in [5.74, 6) is -0.487. The third-order valence-electron chi connectivity index (χ3n) is 4.46. The van der Waals surface area contributed by atoms with Crippen LogP contribution in [0.5, 0.6) is 0 Å². The average Bonchev–Trinajstić information content (AvgIpc) is 3.03. The van der Waals surface area contributed by atoms with Crippen molar-refractivity contribution < 1.29 is 19.1 Å². The van der Waals surface area contributed by atoms with Gasteiger partial charge in [0.1, 0.15) is 5.82 Å². The van der Waals surface area contributed by atoms with E-state index in [1.165, 1.54) is 21.9 Å². The number of benzene rings is 2. The lowest BCUT2D eigenvalue weighted by Crippen LogP contribution is -2.46. The smallest absolute Gasteiger partial charge is 0.318 e. The Morgan fingerprint density at radius 2 is 1.89 bits per heavy atom. The van der Waals surface area contributed by atoms with Crippen molar-refractivity contribution in [3.63, 3.8) is 0 Å². The number of hydrogen-bond acceptors (Lipinski definition) is 3. The number of rotatable bonds is 6. The molecule has 7 heteroatoms. The van der Waals surface area contributed by atoms with E-state index in [0.29, 0.717) is 18.8 Å². The molecule has 1 atom stereocenters. The van der Waals surface area contributed by atoms with E-state index in [9.17, 15) is 19.1 Å². The molecule has 142 valence electrons. The van der Waals surface area contributed by atoms with Crippen molar-refractivity contribution in [2.24, 2.45) is 0 Å². The molecular weight excluding hydrogens is 349 g/mol. The topological polar surface area (TPSA) is 72.9 Å². The van der Waals surface area contributed by atoms with E-state index in [0.717, 1.165) is 5.56 Å². The minimum absolute atomic E-state index is 0.122. The largest absolute Gasteiger partial charge is 0.395 e. The zero-order chi connectivity index (χ0) is 19.2. The monoisotopic (exact) mass is 371 g/mol. The number of hydrogen-bond donors (Lipinski definition) is 2. The van der Waals surface area contributed by atoms with Crippen molar-refractivity contribution in [3.8, 4) is 0 Å². The summed E-state index contributed by atoms with van der Waals surface area (Å²) in [7, 11) is 0. The van der Waals surface area contributed by atoms with E-state index in [1.807, 2.05) is 30.3 Å². The maximum absolute atomic E-state index is 13.1. The molecule has 0 radical (unpaired) electrons. The van der Waals surface area contributed by atoms with Gasteiger partial charge in [0.05, 0.1) is 12.6 Å². The summed E-state index contributed by atoms with van der Waals surface area (Å²) in [5, 5.41) is 12.1. The van der Waals surface area contributed by atoms with Gasteiger partial charge in [-0.15, -0.1) is 0 Å². The van der Waals surface area contributed by atoms with Gasteiger partial charge >= 0.3 is 6.03 Å². The van der Waals surface area contributed by atoms with Gasteiger partial charge in [0.25, 0.3) is 0 Å². The van der Waals surface area contributed by atoms with E-state index in [2.05, 4.69) is 5.32 Å². The number of nitrogens with one attached hydrogen (secondary N) is 1. The zero-order valence-electron chi connectivity index (χ0n) is 14.8. The Labute approximate surface area is 157 Å². The van der Waals surface area contributed by atoms with Crippen LogP contribution < -0.4 is 10.2 Å². The van der Waals surface area contributed by atoms with E-state index in [1.54, 1.807) is 12.1 Å². The Morgan fingerprint density at radius 1 is 1.19 bits per heavy atom. The van der Waals surface area contributed by atoms with Crippen molar-refractivity contribution in [1.29, 1.82) is 0 Å². The van der Waals surface area contributed by atoms with E-state index in [-0.39, 0.29) is 43.4 Å². The summed E-state index contributed by atoms with van der Waals surface area (Å²) in [6.45, 7) is 0.749. The van der Waals surface area contributed by atoms with Crippen LogP contribution in [0.2, 0.25) is 0 Å². The number of carbonyl (C=O) groups is 2. The quantitative estimate of drug-likeness (QED) is 0.817. The number of aliphatic hydroxyl groups is 1. The van der Waals surface area contributed by atoms with Crippen molar-refractivity contribution in [3.05, 3.63) is 66.0 Å². The van der Waals surface area contributed by atoms with Crippen LogP contribution in [0, 0.1) is 5.82 Å². The Bertz CT molecular complexity index is 783. The highest BCUT2D eigenvalue weighted by Crippen LogP contribution is 2.22. The van der Waals surface area contributed by atoms with Gasteiger partial charge in [-0.1, -0.05) is 30.3 Å². The van der Waals surface area contributed by atoms with Crippen LogP contribution in [0.25, 0.3) is 0 Å². The number of urea groups is 1. The minimum Gasteiger partial charge on any atom is -0.395 e. The van der Waals surface area contributed by atoms with E-state index in [4.69, 9.17) is 0 Å². The fourth-order valence-electron chi connectivity index (χ4n) is 3.12. The number of aliphatic hydroxyl groups excluding tert-OH is 1. The van der Waals surface area contributed by atoms with Gasteiger partial charge in [-0.3, -0.25) is 4.79 Å². The van der Waals surface area contributed by atoms with Crippen molar-refractivity contribution in [1.82, 2.24) is 10.2 Å². The van der Waals surface area contributed by atoms with Gasteiger partial charge in [-0.05, 0) is 29.8 Å². The lowest BCUT2D eigenvalue weighted by atomic mass is 10.2. The number of carbonyl (C=O) groups excluding carboxylic acids is 2. The summed E-state index contributed by atoms with van der Waals surface area (Å²) in [4.78, 5) is 27.9. The van der Waals surface area contributed by atoms with Crippen LogP contribution in [0.15, 0.2) is 54.6 Å². The molecule has 27 heavy (non-hydrogen) atoms. The number of anilines is 1. The minimum atomic E-state index is -0.365. The molecule has 1 heterocycles. The van der Waals surface area contributed by atoms with Crippen molar-refractivity contribution >= 4 is 17.6 Å². The molecular formula is C20H22FN3O3. The standard InChI is InChI=1S/C20H22FN3O3/c21-16-6-8-18(9-7-16)24-14-17(12-19(24)26)22-20(27)23(10-11-25)13-15-4-2-1-3-5-15/h1-9,17,25H,10-14H2,(H,22,27)/t17-/m1/s1. The summed E-state index contributed by atoms with van der Waals surface area (Å²) >= 11 is 0. The van der Waals surface area contributed by atoms with Crippen LogP contribution >= 0.6 is 0 Å². The molecule has 6 nitrogen and oxygen atoms in total. The van der Waals surface area contributed by atoms with Crippen LogP contribution in [0.4, 0.5) is 14.9 Å². The first-order valence-corrected chi connectivity index (χ1v) is 8.83. The second-order valence-electron chi connectivity index (χ2n) is 6.46. The SMILES string of the molecule is O=C(N[C@@H]1CC(=O)N(c2ccc(F)cc2)C1)N(CCO)Cc1ccccc1. The highest BCUT2D eigenvalue weighted by atomic mass is 19.1. The summed E-state index contributed by atoms with van der Waals surface area (Å²) in [6, 6.07) is 14.5. The summed E-state index contributed by atoms with van der Waals surface area (Å²) in [6.07, 6.45) is 0.182. The molecule has 0 aromatic heterocycles. The first-order valence-electron chi connectivity index (χ1n) is 8.83. The molecule has 0 unspecified atom stereocenters. The normalized spacial score (nSPS) is 16.4. The third kappa shape index (κ3) is 4.83. The molecule has 1 aliphatic heterocycles. The maximum Gasteiger partial charge on any atom is 0.318 e. The molecule has 0 bridgehead atoms. The average molecular weight is 371 g/mol. The molecule has 3 rings (SSSR count). The van der Waals surface area contributed by atoms with Gasteiger partial charge < -0.3 is 20.2 Å². The molecule has 3 amide bonds. The third-order valence-corrected chi connectivity index (χ3v) is 4.46. The van der Waals surface area contributed by atoms with Gasteiger partial charge in [0.15, 0.2) is 0 Å². The number of halogens is 1. The van der Waals surface area contributed by atoms with E-state index < -0.39 is 0 Å². The number of amides is 3. The molecule has 2 N–H and O–H groups in total. The predicted molar refractivity (Wildman–Crippen MR) is 99.6 cm³/mol. The van der Waals surface area contributed by atoms with Gasteiger partial charge in [0.2, 0.25) is 5.91 Å². The Balaban J connectivity index is 1.62. The molecule has 1 aliphatic rings. The van der Waals surface area contributed by atoms with Gasteiger partial charge in [-0.2, -0.15) is 0 Å². The first-order chi connectivity index (χ1) is 13.1. The van der Waals surface area contributed by atoms with Crippen molar-refractivity contribution in [2.45, 2.75) is 19.0 Å². The summed E-state index contributed by atoms with van der Waals surface area (Å²) in [5.41, 5.74) is 1.56. The van der Waals surface area contributed by atoms with Crippen LogP contribution in [-0.4, -0.2) is 47.7 Å². The van der Waals surface area contributed by atoms with Crippen LogP contribution in [-0.2, 0) is 11.3 Å². The zero-order valence-corrected chi connectivity index (χ0v) is 14.8. The fourth-order valence-corrected chi connectivity index (χ4v) is 3.12. The molecule has 0 spiro atoms. The molecule has 1 fully saturated rings. The Hall–Kier alpha value is -2.93. The fraction of sp³-hybridized carbons (Fsp3) is 0.300. The number of nitrogens with zero attached hydrogens (tertiary/aromatic N) is 2. The molecule has 1 saturated heterocycles. The van der Waals surface area contributed by atoms with Gasteiger partial charge in [0, 0.05) is 31.7 Å². The predicted octanol–water partition coefficient (Wildman–Crippen LogP) is 2.14. The molecule has 2 aromatic rings. The van der Waals surface area contributed by atoms with Crippen LogP contribution in [0.3, 0.4) is 0 Å². The summed E-state index contributed by atoms with van der Waals surface area (Å²) < 4.78 is 13.1. The first kappa shape index (κ1) is 18.8. The van der Waals surface area contributed by atoms with Gasteiger partial charge in [-0.25, -0.2) is 9.18 Å². The Kier molecular flexibility index (Phi) is 6.03. The Morgan fingerprint density at radius 3 is 2.56 bits per heavy atom. The molecule has 2 aromatic carbocycles.